The number of rotatable bonds is 4. The van der Waals surface area contributed by atoms with Crippen molar-refractivity contribution in [2.75, 3.05) is 6.26 Å². The maximum atomic E-state index is 12.4. The average Bonchev–Trinajstić information content (AvgIpc) is 2.49. The van der Waals surface area contributed by atoms with Gasteiger partial charge in [-0.2, -0.15) is 8.42 Å². The molecule has 0 saturated carbocycles. The van der Waals surface area contributed by atoms with Crippen LogP contribution in [0.2, 0.25) is 0 Å². The van der Waals surface area contributed by atoms with Gasteiger partial charge in [-0.3, -0.25) is 0 Å². The fourth-order valence-electron chi connectivity index (χ4n) is 2.02. The van der Waals surface area contributed by atoms with Crippen LogP contribution in [0, 0.1) is 0 Å². The molecule has 0 aliphatic heterocycles. The number of carbonyl (C=O) groups excluding carboxylic acids is 2. The molecule has 0 bridgehead atoms. The summed E-state index contributed by atoms with van der Waals surface area (Å²) in [5.74, 6) is -0.814. The normalized spacial score (nSPS) is 12.3. The minimum Gasteiger partial charge on any atom is -0.338 e. The van der Waals surface area contributed by atoms with Crippen LogP contribution in [0.15, 0.2) is 28.0 Å². The van der Waals surface area contributed by atoms with Crippen LogP contribution in [0.1, 0.15) is 39.7 Å². The van der Waals surface area contributed by atoms with Crippen molar-refractivity contribution in [1.82, 2.24) is 5.48 Å². The standard InChI is InChI=1S/C15H21NO8S2/c1-6-12(17)23-16-14(18)24-26(21,22)11-9-7-8-10(15(2,3)4)13(11)25(5,19)20/h7-9H,6H2,1-5H3,(H,16,18). The van der Waals surface area contributed by atoms with Crippen molar-refractivity contribution < 1.29 is 35.4 Å². The molecule has 0 saturated heterocycles. The van der Waals surface area contributed by atoms with Crippen molar-refractivity contribution in [3.8, 4) is 0 Å². The van der Waals surface area contributed by atoms with E-state index >= 15 is 0 Å². The van der Waals surface area contributed by atoms with E-state index in [1.54, 1.807) is 20.8 Å². The Labute approximate surface area is 152 Å². The topological polar surface area (TPSA) is 133 Å². The molecule has 0 heterocycles. The number of nitrogens with one attached hydrogen (secondary N) is 1. The number of amides is 1. The van der Waals surface area contributed by atoms with E-state index < -0.39 is 47.2 Å². The molecule has 0 unspecified atom stereocenters. The Balaban J connectivity index is 3.38. The molecule has 0 spiro atoms. The van der Waals surface area contributed by atoms with Crippen molar-refractivity contribution in [1.29, 1.82) is 0 Å². The zero-order chi connectivity index (χ0) is 20.3. The molecule has 1 aromatic carbocycles. The van der Waals surface area contributed by atoms with Crippen LogP contribution in [0.3, 0.4) is 0 Å². The molecule has 0 aliphatic carbocycles. The molecule has 26 heavy (non-hydrogen) atoms. The summed E-state index contributed by atoms with van der Waals surface area (Å²) in [4.78, 5) is 25.7. The van der Waals surface area contributed by atoms with Crippen LogP contribution in [-0.2, 0) is 39.2 Å². The van der Waals surface area contributed by atoms with Crippen molar-refractivity contribution in [2.24, 2.45) is 0 Å². The van der Waals surface area contributed by atoms with Gasteiger partial charge >= 0.3 is 22.2 Å². The maximum absolute atomic E-state index is 12.4. The molecule has 146 valence electrons. The predicted molar refractivity (Wildman–Crippen MR) is 91.4 cm³/mol. The highest BCUT2D eigenvalue weighted by Gasteiger charge is 2.33. The Morgan fingerprint density at radius 1 is 1.12 bits per heavy atom. The highest BCUT2D eigenvalue weighted by molar-refractivity contribution is 7.92. The van der Waals surface area contributed by atoms with E-state index in [9.17, 15) is 26.4 Å². The zero-order valence-electron chi connectivity index (χ0n) is 15.0. The number of hydrogen-bond donors (Lipinski definition) is 1. The third-order valence-corrected chi connectivity index (χ3v) is 5.71. The van der Waals surface area contributed by atoms with Gasteiger partial charge in [0, 0.05) is 12.7 Å². The molecule has 1 N–H and O–H groups in total. The lowest BCUT2D eigenvalue weighted by atomic mass is 9.87. The number of hydroxylamine groups is 1. The molecule has 0 fully saturated rings. The van der Waals surface area contributed by atoms with E-state index in [4.69, 9.17) is 0 Å². The molecule has 1 amide bonds. The summed E-state index contributed by atoms with van der Waals surface area (Å²) in [6.07, 6.45) is -0.772. The minimum absolute atomic E-state index is 0.0567. The lowest BCUT2D eigenvalue weighted by Crippen LogP contribution is -2.30. The van der Waals surface area contributed by atoms with Crippen molar-refractivity contribution >= 4 is 32.0 Å². The second-order valence-electron chi connectivity index (χ2n) is 6.41. The first-order chi connectivity index (χ1) is 11.7. The van der Waals surface area contributed by atoms with Gasteiger partial charge in [0.25, 0.3) is 0 Å². The summed E-state index contributed by atoms with van der Waals surface area (Å²) < 4.78 is 53.6. The highest BCUT2D eigenvalue weighted by Crippen LogP contribution is 2.34. The Hall–Kier alpha value is -2.14. The van der Waals surface area contributed by atoms with Crippen LogP contribution in [0.25, 0.3) is 0 Å². The number of carbonyl (C=O) groups is 2. The molecule has 1 rings (SSSR count). The lowest BCUT2D eigenvalue weighted by molar-refractivity contribution is -0.148. The molecule has 0 aromatic heterocycles. The fourth-order valence-corrected chi connectivity index (χ4v) is 4.89. The third-order valence-electron chi connectivity index (χ3n) is 3.15. The van der Waals surface area contributed by atoms with E-state index in [1.807, 2.05) is 0 Å². The van der Waals surface area contributed by atoms with Crippen LogP contribution in [0.5, 0.6) is 0 Å². The summed E-state index contributed by atoms with van der Waals surface area (Å²) in [5, 5.41) is 0. The van der Waals surface area contributed by atoms with Crippen molar-refractivity contribution in [2.45, 2.75) is 49.3 Å². The molecule has 0 aliphatic rings. The van der Waals surface area contributed by atoms with E-state index in [2.05, 4.69) is 9.02 Å². The monoisotopic (exact) mass is 407 g/mol. The smallest absolute Gasteiger partial charge is 0.338 e. The number of benzene rings is 1. The SMILES string of the molecule is CCC(=O)ONC(=O)OS(=O)(=O)c1cccc(C(C)(C)C)c1S(C)(=O)=O. The Kier molecular flexibility index (Phi) is 6.42. The summed E-state index contributed by atoms with van der Waals surface area (Å²) in [6, 6.07) is 3.85. The van der Waals surface area contributed by atoms with Gasteiger partial charge in [-0.25, -0.2) is 18.0 Å². The first-order valence-electron chi connectivity index (χ1n) is 7.48. The van der Waals surface area contributed by atoms with Gasteiger partial charge in [0.15, 0.2) is 9.84 Å². The van der Waals surface area contributed by atoms with Gasteiger partial charge < -0.3 is 9.02 Å². The van der Waals surface area contributed by atoms with Crippen LogP contribution >= 0.6 is 0 Å². The summed E-state index contributed by atoms with van der Waals surface area (Å²) in [6.45, 7) is 6.60. The van der Waals surface area contributed by atoms with E-state index in [-0.39, 0.29) is 12.0 Å². The molecule has 11 heteroatoms. The predicted octanol–water partition coefficient (Wildman–Crippen LogP) is 1.67. The lowest BCUT2D eigenvalue weighted by Gasteiger charge is -2.23. The second kappa shape index (κ2) is 7.62. The van der Waals surface area contributed by atoms with Crippen LogP contribution < -0.4 is 5.48 Å². The molecule has 1 aromatic rings. The second-order valence-corrected chi connectivity index (χ2v) is 9.88. The first-order valence-corrected chi connectivity index (χ1v) is 10.8. The van der Waals surface area contributed by atoms with Gasteiger partial charge in [-0.05, 0) is 17.0 Å². The van der Waals surface area contributed by atoms with E-state index in [1.165, 1.54) is 24.5 Å². The van der Waals surface area contributed by atoms with E-state index in [0.29, 0.717) is 0 Å². The number of hydrogen-bond acceptors (Lipinski definition) is 8. The highest BCUT2D eigenvalue weighted by atomic mass is 32.2. The fraction of sp³-hybridized carbons (Fsp3) is 0.467. The van der Waals surface area contributed by atoms with Gasteiger partial charge in [0.2, 0.25) is 0 Å². The summed E-state index contributed by atoms with van der Waals surface area (Å²) in [7, 11) is -8.77. The van der Waals surface area contributed by atoms with Crippen molar-refractivity contribution in [3.05, 3.63) is 23.8 Å². The Bertz CT molecular complexity index is 911. The van der Waals surface area contributed by atoms with Crippen LogP contribution in [0.4, 0.5) is 4.79 Å². The quantitative estimate of drug-likeness (QED) is 0.589. The van der Waals surface area contributed by atoms with Crippen LogP contribution in [-0.4, -0.2) is 35.2 Å². The zero-order valence-corrected chi connectivity index (χ0v) is 16.7. The summed E-state index contributed by atoms with van der Waals surface area (Å²) >= 11 is 0. The molecular weight excluding hydrogens is 386 g/mol. The Morgan fingerprint density at radius 3 is 2.15 bits per heavy atom. The molecule has 0 radical (unpaired) electrons. The molecule has 9 nitrogen and oxygen atoms in total. The first kappa shape index (κ1) is 21.9. The maximum Gasteiger partial charge on any atom is 0.456 e. The van der Waals surface area contributed by atoms with E-state index in [0.717, 1.165) is 12.3 Å². The van der Waals surface area contributed by atoms with Gasteiger partial charge in [0.05, 0.1) is 4.90 Å². The average molecular weight is 407 g/mol. The summed E-state index contributed by atoms with van der Waals surface area (Å²) in [5.41, 5.74) is 1.08. The minimum atomic E-state index is -4.79. The van der Waals surface area contributed by atoms with Gasteiger partial charge in [0.1, 0.15) is 4.90 Å². The molecular formula is C15H21NO8S2. The van der Waals surface area contributed by atoms with Gasteiger partial charge in [-0.1, -0.05) is 39.8 Å². The third kappa shape index (κ3) is 5.43. The molecule has 0 atom stereocenters. The van der Waals surface area contributed by atoms with Crippen molar-refractivity contribution in [3.63, 3.8) is 0 Å². The largest absolute Gasteiger partial charge is 0.456 e. The van der Waals surface area contributed by atoms with Gasteiger partial charge in [-0.15, -0.1) is 5.48 Å². The number of sulfone groups is 1. The Morgan fingerprint density at radius 2 is 1.69 bits per heavy atom.